The number of carbonyl (C=O) groups is 1. The second kappa shape index (κ2) is 4.87. The number of nitrogens with two attached hydrogens (primary N) is 1. The zero-order valence-corrected chi connectivity index (χ0v) is 10.6. The van der Waals surface area contributed by atoms with Crippen LogP contribution in [0.1, 0.15) is 25.7 Å². The van der Waals surface area contributed by atoms with Crippen LogP contribution >= 0.6 is 15.9 Å². The smallest absolute Gasteiger partial charge is 0.227 e. The first kappa shape index (κ1) is 11.5. The molecular weight excluding hydrogens is 268 g/mol. The van der Waals surface area contributed by atoms with Crippen molar-refractivity contribution in [1.29, 1.82) is 0 Å². The maximum atomic E-state index is 11.9. The van der Waals surface area contributed by atoms with Crippen LogP contribution in [0.2, 0.25) is 0 Å². The van der Waals surface area contributed by atoms with Crippen molar-refractivity contribution >= 4 is 33.2 Å². The molecule has 3 N–H and O–H groups in total. The second-order valence-electron chi connectivity index (χ2n) is 4.21. The summed E-state index contributed by atoms with van der Waals surface area (Å²) in [7, 11) is 0. The van der Waals surface area contributed by atoms with E-state index in [1.165, 1.54) is 0 Å². The number of halogens is 1. The molecule has 0 spiro atoms. The standard InChI is InChI=1S/C12H15BrN2O/c13-10-6-5-9(14)7-11(10)15-12(16)8-3-1-2-4-8/h5-8H,1-4,14H2,(H,15,16). The topological polar surface area (TPSA) is 55.1 Å². The van der Waals surface area contributed by atoms with E-state index in [0.717, 1.165) is 35.8 Å². The molecule has 1 amide bonds. The molecular formula is C12H15BrN2O. The molecule has 1 aliphatic carbocycles. The Kier molecular flexibility index (Phi) is 3.49. The molecule has 0 heterocycles. The molecule has 1 aromatic rings. The van der Waals surface area contributed by atoms with E-state index in [2.05, 4.69) is 21.2 Å². The van der Waals surface area contributed by atoms with Gasteiger partial charge in [-0.05, 0) is 47.0 Å². The summed E-state index contributed by atoms with van der Waals surface area (Å²) in [6, 6.07) is 5.42. The third-order valence-corrected chi connectivity index (χ3v) is 3.67. The van der Waals surface area contributed by atoms with E-state index < -0.39 is 0 Å². The average Bonchev–Trinajstić information content (AvgIpc) is 2.76. The molecule has 1 fully saturated rings. The summed E-state index contributed by atoms with van der Waals surface area (Å²) in [4.78, 5) is 11.9. The Hall–Kier alpha value is -1.03. The number of hydrogen-bond acceptors (Lipinski definition) is 2. The largest absolute Gasteiger partial charge is 0.399 e. The molecule has 0 atom stereocenters. The van der Waals surface area contributed by atoms with Crippen LogP contribution in [-0.4, -0.2) is 5.91 Å². The van der Waals surface area contributed by atoms with E-state index in [1.54, 1.807) is 12.1 Å². The van der Waals surface area contributed by atoms with Crippen molar-refractivity contribution in [2.45, 2.75) is 25.7 Å². The molecule has 4 heteroatoms. The molecule has 3 nitrogen and oxygen atoms in total. The predicted molar refractivity (Wildman–Crippen MR) is 69.1 cm³/mol. The van der Waals surface area contributed by atoms with Crippen molar-refractivity contribution in [1.82, 2.24) is 0 Å². The maximum Gasteiger partial charge on any atom is 0.227 e. The molecule has 0 aromatic heterocycles. The average molecular weight is 283 g/mol. The van der Waals surface area contributed by atoms with Gasteiger partial charge in [0.15, 0.2) is 0 Å². The van der Waals surface area contributed by atoms with Crippen LogP contribution in [0.3, 0.4) is 0 Å². The molecule has 0 aliphatic heterocycles. The number of carbonyl (C=O) groups excluding carboxylic acids is 1. The Morgan fingerprint density at radius 1 is 1.38 bits per heavy atom. The minimum absolute atomic E-state index is 0.115. The first-order chi connectivity index (χ1) is 7.66. The highest BCUT2D eigenvalue weighted by molar-refractivity contribution is 9.10. The van der Waals surface area contributed by atoms with Gasteiger partial charge in [0.2, 0.25) is 5.91 Å². The summed E-state index contributed by atoms with van der Waals surface area (Å²) in [5.74, 6) is 0.289. The molecule has 0 saturated heterocycles. The van der Waals surface area contributed by atoms with Gasteiger partial charge in [0.1, 0.15) is 0 Å². The first-order valence-electron chi connectivity index (χ1n) is 5.52. The molecule has 1 saturated carbocycles. The van der Waals surface area contributed by atoms with Crippen LogP contribution in [-0.2, 0) is 4.79 Å². The van der Waals surface area contributed by atoms with E-state index in [-0.39, 0.29) is 11.8 Å². The van der Waals surface area contributed by atoms with E-state index in [4.69, 9.17) is 5.73 Å². The molecule has 2 rings (SSSR count). The lowest BCUT2D eigenvalue weighted by Crippen LogP contribution is -2.20. The highest BCUT2D eigenvalue weighted by Crippen LogP contribution is 2.29. The van der Waals surface area contributed by atoms with Crippen molar-refractivity contribution in [2.24, 2.45) is 5.92 Å². The van der Waals surface area contributed by atoms with Crippen LogP contribution < -0.4 is 11.1 Å². The quantitative estimate of drug-likeness (QED) is 0.819. The Balaban J connectivity index is 2.07. The molecule has 16 heavy (non-hydrogen) atoms. The molecule has 86 valence electrons. The van der Waals surface area contributed by atoms with E-state index >= 15 is 0 Å². The van der Waals surface area contributed by atoms with Crippen LogP contribution in [0.25, 0.3) is 0 Å². The summed E-state index contributed by atoms with van der Waals surface area (Å²) in [5.41, 5.74) is 7.10. The predicted octanol–water partition coefficient (Wildman–Crippen LogP) is 3.16. The van der Waals surface area contributed by atoms with Gasteiger partial charge in [0.05, 0.1) is 5.69 Å². The van der Waals surface area contributed by atoms with Gasteiger partial charge in [-0.15, -0.1) is 0 Å². The fourth-order valence-corrected chi connectivity index (χ4v) is 2.41. The molecule has 0 bridgehead atoms. The fraction of sp³-hybridized carbons (Fsp3) is 0.417. The summed E-state index contributed by atoms with van der Waals surface area (Å²) >= 11 is 3.40. The second-order valence-corrected chi connectivity index (χ2v) is 5.06. The number of hydrogen-bond donors (Lipinski definition) is 2. The summed E-state index contributed by atoms with van der Waals surface area (Å²) in [6.07, 6.45) is 4.34. The Morgan fingerprint density at radius 2 is 2.06 bits per heavy atom. The molecule has 1 aliphatic rings. The van der Waals surface area contributed by atoms with Gasteiger partial charge < -0.3 is 11.1 Å². The third-order valence-electron chi connectivity index (χ3n) is 2.97. The van der Waals surface area contributed by atoms with E-state index in [9.17, 15) is 4.79 Å². The fourth-order valence-electron chi connectivity index (χ4n) is 2.06. The zero-order chi connectivity index (χ0) is 11.5. The van der Waals surface area contributed by atoms with Crippen molar-refractivity contribution in [3.05, 3.63) is 22.7 Å². The Bertz CT molecular complexity index is 400. The minimum Gasteiger partial charge on any atom is -0.399 e. The number of rotatable bonds is 2. The van der Waals surface area contributed by atoms with Gasteiger partial charge in [-0.3, -0.25) is 4.79 Å². The maximum absolute atomic E-state index is 11.9. The van der Waals surface area contributed by atoms with Crippen molar-refractivity contribution in [2.75, 3.05) is 11.1 Å². The van der Waals surface area contributed by atoms with Gasteiger partial charge in [-0.2, -0.15) is 0 Å². The third kappa shape index (κ3) is 2.55. The Labute approximate surface area is 104 Å². The van der Waals surface area contributed by atoms with Crippen molar-refractivity contribution in [3.8, 4) is 0 Å². The highest BCUT2D eigenvalue weighted by Gasteiger charge is 2.22. The highest BCUT2D eigenvalue weighted by atomic mass is 79.9. The van der Waals surface area contributed by atoms with Gasteiger partial charge in [0, 0.05) is 16.1 Å². The lowest BCUT2D eigenvalue weighted by atomic mass is 10.1. The number of anilines is 2. The monoisotopic (exact) mass is 282 g/mol. The van der Waals surface area contributed by atoms with Gasteiger partial charge in [-0.25, -0.2) is 0 Å². The number of benzene rings is 1. The van der Waals surface area contributed by atoms with Gasteiger partial charge >= 0.3 is 0 Å². The van der Waals surface area contributed by atoms with Crippen LogP contribution in [0.5, 0.6) is 0 Å². The lowest BCUT2D eigenvalue weighted by molar-refractivity contribution is -0.119. The SMILES string of the molecule is Nc1ccc(Br)c(NC(=O)C2CCCC2)c1. The summed E-state index contributed by atoms with van der Waals surface area (Å²) in [5, 5.41) is 2.93. The zero-order valence-electron chi connectivity index (χ0n) is 9.00. The molecule has 0 unspecified atom stereocenters. The van der Waals surface area contributed by atoms with Gasteiger partial charge in [0.25, 0.3) is 0 Å². The molecule has 0 radical (unpaired) electrons. The Morgan fingerprint density at radius 3 is 2.75 bits per heavy atom. The van der Waals surface area contributed by atoms with E-state index in [1.807, 2.05) is 6.07 Å². The summed E-state index contributed by atoms with van der Waals surface area (Å²) in [6.45, 7) is 0. The number of nitrogens with one attached hydrogen (secondary N) is 1. The van der Waals surface area contributed by atoms with E-state index in [0.29, 0.717) is 5.69 Å². The minimum atomic E-state index is 0.115. The normalized spacial score (nSPS) is 16.3. The number of amides is 1. The van der Waals surface area contributed by atoms with Crippen LogP contribution in [0, 0.1) is 5.92 Å². The van der Waals surface area contributed by atoms with Crippen molar-refractivity contribution < 1.29 is 4.79 Å². The summed E-state index contributed by atoms with van der Waals surface area (Å²) < 4.78 is 0.869. The lowest BCUT2D eigenvalue weighted by Gasteiger charge is -2.12. The van der Waals surface area contributed by atoms with Crippen molar-refractivity contribution in [3.63, 3.8) is 0 Å². The molecule has 1 aromatic carbocycles. The van der Waals surface area contributed by atoms with Crippen LogP contribution in [0.15, 0.2) is 22.7 Å². The van der Waals surface area contributed by atoms with Crippen LogP contribution in [0.4, 0.5) is 11.4 Å². The van der Waals surface area contributed by atoms with Gasteiger partial charge in [-0.1, -0.05) is 12.8 Å². The number of nitrogen functional groups attached to an aromatic ring is 1. The first-order valence-corrected chi connectivity index (χ1v) is 6.32.